The molecule has 2 rings (SSSR count). The molecule has 0 aromatic heterocycles. The van der Waals surface area contributed by atoms with Crippen LogP contribution in [0.4, 0.5) is 0 Å². The SMILES string of the molecule is O=C(O)CC/C=C\CCC1(CNS(=O)(=O)c2ccc(Cl)cc2)CCCC1.[H-].[Na+]. The van der Waals surface area contributed by atoms with Crippen molar-refractivity contribution in [3.05, 3.63) is 41.4 Å². The molecule has 0 saturated heterocycles. The molecule has 0 aliphatic heterocycles. The maximum atomic E-state index is 12.5. The van der Waals surface area contributed by atoms with Crippen molar-refractivity contribution in [3.63, 3.8) is 0 Å². The standard InChI is InChI=1S/C19H26ClNO4S.Na.H/c20-16-8-10-17(11-9-16)26(24,25)21-15-19(13-5-6-14-19)12-4-2-1-3-7-18(22)23;;/h1-2,8-11,21H,3-7,12-15H2,(H,22,23);;/q;+1;-1/b2-1-;;. The Bertz CT molecular complexity index is 735. The van der Waals surface area contributed by atoms with Gasteiger partial charge in [0.15, 0.2) is 0 Å². The maximum Gasteiger partial charge on any atom is 1.00 e. The minimum Gasteiger partial charge on any atom is -1.00 e. The number of carboxylic acids is 1. The van der Waals surface area contributed by atoms with Gasteiger partial charge in [0, 0.05) is 18.0 Å². The third-order valence-electron chi connectivity index (χ3n) is 4.96. The van der Waals surface area contributed by atoms with Gasteiger partial charge in [-0.1, -0.05) is 36.6 Å². The Balaban J connectivity index is 0.00000364. The zero-order valence-corrected chi connectivity index (χ0v) is 19.4. The van der Waals surface area contributed by atoms with Gasteiger partial charge in [0.1, 0.15) is 0 Å². The Morgan fingerprint density at radius 2 is 1.78 bits per heavy atom. The molecule has 27 heavy (non-hydrogen) atoms. The van der Waals surface area contributed by atoms with E-state index < -0.39 is 16.0 Å². The van der Waals surface area contributed by atoms with Crippen molar-refractivity contribution in [2.75, 3.05) is 6.54 Å². The van der Waals surface area contributed by atoms with Crippen LogP contribution in [0.25, 0.3) is 0 Å². The molecule has 1 aromatic rings. The summed E-state index contributed by atoms with van der Waals surface area (Å²) in [7, 11) is -3.54. The average Bonchev–Trinajstić information content (AvgIpc) is 3.06. The number of hydrogen-bond acceptors (Lipinski definition) is 3. The van der Waals surface area contributed by atoms with Gasteiger partial charge in [-0.25, -0.2) is 13.1 Å². The first kappa shape index (κ1) is 24.7. The second kappa shape index (κ2) is 11.6. The molecule has 1 saturated carbocycles. The van der Waals surface area contributed by atoms with Gasteiger partial charge in [0.2, 0.25) is 10.0 Å². The summed E-state index contributed by atoms with van der Waals surface area (Å²) in [5.74, 6) is -0.793. The molecule has 5 nitrogen and oxygen atoms in total. The molecule has 1 fully saturated rings. The smallest absolute Gasteiger partial charge is 1.00 e. The number of hydrogen-bond donors (Lipinski definition) is 2. The first-order valence-electron chi connectivity index (χ1n) is 8.95. The van der Waals surface area contributed by atoms with Gasteiger partial charge in [-0.15, -0.1) is 0 Å². The van der Waals surface area contributed by atoms with Gasteiger partial charge in [0.25, 0.3) is 0 Å². The van der Waals surface area contributed by atoms with Gasteiger partial charge in [0.05, 0.1) is 4.90 Å². The zero-order valence-electron chi connectivity index (χ0n) is 16.8. The topological polar surface area (TPSA) is 83.5 Å². The normalized spacial score (nSPS) is 16.3. The van der Waals surface area contributed by atoms with E-state index in [4.69, 9.17) is 16.7 Å². The quantitative estimate of drug-likeness (QED) is 0.441. The van der Waals surface area contributed by atoms with Crippen LogP contribution in [0.2, 0.25) is 5.02 Å². The van der Waals surface area contributed by atoms with E-state index in [0.29, 0.717) is 18.0 Å². The Morgan fingerprint density at radius 1 is 1.19 bits per heavy atom. The molecular weight excluding hydrogens is 397 g/mol. The molecule has 0 atom stereocenters. The second-order valence-corrected chi connectivity index (χ2v) is 9.13. The number of aliphatic carboxylic acids is 1. The van der Waals surface area contributed by atoms with Gasteiger partial charge >= 0.3 is 35.5 Å². The number of benzene rings is 1. The summed E-state index contributed by atoms with van der Waals surface area (Å²) in [5, 5.41) is 9.14. The second-order valence-electron chi connectivity index (χ2n) is 6.93. The molecule has 146 valence electrons. The third-order valence-corrected chi connectivity index (χ3v) is 6.63. The Labute approximate surface area is 190 Å². The van der Waals surface area contributed by atoms with Gasteiger partial charge < -0.3 is 6.53 Å². The van der Waals surface area contributed by atoms with Crippen molar-refractivity contribution in [1.29, 1.82) is 0 Å². The predicted molar refractivity (Wildman–Crippen MR) is 104 cm³/mol. The summed E-state index contributed by atoms with van der Waals surface area (Å²) < 4.78 is 27.8. The monoisotopic (exact) mass is 423 g/mol. The third kappa shape index (κ3) is 8.26. The summed E-state index contributed by atoms with van der Waals surface area (Å²) in [6.07, 6.45) is 10.6. The molecule has 1 aliphatic rings. The molecule has 0 amide bonds. The number of sulfonamides is 1. The van der Waals surface area contributed by atoms with Crippen LogP contribution in [0.5, 0.6) is 0 Å². The number of allylic oxidation sites excluding steroid dienone is 2. The van der Waals surface area contributed by atoms with Crippen molar-refractivity contribution in [3.8, 4) is 0 Å². The fourth-order valence-electron chi connectivity index (χ4n) is 3.42. The van der Waals surface area contributed by atoms with Crippen molar-refractivity contribution in [2.24, 2.45) is 5.41 Å². The number of nitrogens with one attached hydrogen (secondary N) is 1. The molecule has 0 unspecified atom stereocenters. The fourth-order valence-corrected chi connectivity index (χ4v) is 4.70. The first-order chi connectivity index (χ1) is 12.3. The first-order valence-corrected chi connectivity index (χ1v) is 10.8. The molecule has 0 heterocycles. The average molecular weight is 424 g/mol. The van der Waals surface area contributed by atoms with Gasteiger partial charge in [-0.3, -0.25) is 4.79 Å². The number of carbonyl (C=O) groups is 1. The number of carboxylic acid groups (broad SMARTS) is 1. The van der Waals surface area contributed by atoms with E-state index in [1.165, 1.54) is 12.1 Å². The van der Waals surface area contributed by atoms with Crippen LogP contribution in [0.3, 0.4) is 0 Å². The van der Waals surface area contributed by atoms with E-state index in [9.17, 15) is 13.2 Å². The van der Waals surface area contributed by atoms with Crippen molar-refractivity contribution in [2.45, 2.75) is 56.3 Å². The summed E-state index contributed by atoms with van der Waals surface area (Å²) in [4.78, 5) is 10.7. The molecule has 2 N–H and O–H groups in total. The Kier molecular flexibility index (Phi) is 10.6. The summed E-state index contributed by atoms with van der Waals surface area (Å²) in [6, 6.07) is 6.17. The van der Waals surface area contributed by atoms with Crippen LogP contribution in [0, 0.1) is 5.41 Å². The Morgan fingerprint density at radius 3 is 2.37 bits per heavy atom. The van der Waals surface area contributed by atoms with E-state index in [-0.39, 0.29) is 47.7 Å². The molecule has 0 radical (unpaired) electrons. The van der Waals surface area contributed by atoms with Crippen LogP contribution in [0.15, 0.2) is 41.3 Å². The predicted octanol–water partition coefficient (Wildman–Crippen LogP) is 1.50. The van der Waals surface area contributed by atoms with Crippen LogP contribution >= 0.6 is 11.6 Å². The van der Waals surface area contributed by atoms with Crippen molar-refractivity contribution < 1.29 is 49.3 Å². The number of rotatable bonds is 10. The summed E-state index contributed by atoms with van der Waals surface area (Å²) in [6.45, 7) is 0.431. The molecular formula is C19H27ClNNaO4S. The van der Waals surface area contributed by atoms with Crippen molar-refractivity contribution in [1.82, 2.24) is 4.72 Å². The largest absolute Gasteiger partial charge is 1.00 e. The number of halogens is 1. The van der Waals surface area contributed by atoms with E-state index in [1.54, 1.807) is 12.1 Å². The summed E-state index contributed by atoms with van der Waals surface area (Å²) in [5.41, 5.74) is -0.0172. The van der Waals surface area contributed by atoms with E-state index in [0.717, 1.165) is 38.5 Å². The minimum absolute atomic E-state index is 0. The molecule has 0 spiro atoms. The van der Waals surface area contributed by atoms with Crippen LogP contribution in [-0.2, 0) is 14.8 Å². The van der Waals surface area contributed by atoms with Gasteiger partial charge in [-0.05, 0) is 61.8 Å². The summed E-state index contributed by atoms with van der Waals surface area (Å²) >= 11 is 5.82. The molecule has 1 aromatic carbocycles. The van der Waals surface area contributed by atoms with E-state index >= 15 is 0 Å². The Hall–Kier alpha value is -0.370. The molecule has 0 bridgehead atoms. The fraction of sp³-hybridized carbons (Fsp3) is 0.526. The van der Waals surface area contributed by atoms with Crippen LogP contribution in [-0.4, -0.2) is 26.0 Å². The van der Waals surface area contributed by atoms with E-state index in [2.05, 4.69) is 4.72 Å². The maximum absolute atomic E-state index is 12.5. The molecule has 8 heteroatoms. The van der Waals surface area contributed by atoms with Crippen LogP contribution < -0.4 is 34.3 Å². The zero-order chi connectivity index (χ0) is 19.0. The minimum atomic E-state index is -3.54. The molecule has 1 aliphatic carbocycles. The van der Waals surface area contributed by atoms with Crippen molar-refractivity contribution >= 4 is 27.6 Å². The van der Waals surface area contributed by atoms with Gasteiger partial charge in [-0.2, -0.15) is 0 Å². The van der Waals surface area contributed by atoms with E-state index in [1.807, 2.05) is 12.2 Å². The van der Waals surface area contributed by atoms with Crippen LogP contribution in [0.1, 0.15) is 52.8 Å².